The minimum atomic E-state index is -0.569. The molecule has 0 aliphatic rings. The van der Waals surface area contributed by atoms with Crippen LogP contribution in [0.15, 0.2) is 24.3 Å². The van der Waals surface area contributed by atoms with Crippen molar-refractivity contribution in [3.8, 4) is 6.07 Å². The zero-order chi connectivity index (χ0) is 10.6. The van der Waals surface area contributed by atoms with Crippen LogP contribution in [0.1, 0.15) is 5.56 Å². The van der Waals surface area contributed by atoms with Gasteiger partial charge in [0, 0.05) is 12.7 Å². The van der Waals surface area contributed by atoms with E-state index in [0.29, 0.717) is 11.3 Å². The highest BCUT2D eigenvalue weighted by molar-refractivity contribution is 5.87. The first-order valence-corrected chi connectivity index (χ1v) is 3.89. The average molecular weight is 189 g/mol. The maximum atomic E-state index is 11.1. The first kappa shape index (κ1) is 10.1. The molecule has 1 amide bonds. The predicted octanol–water partition coefficient (Wildman–Crippen LogP) is 1.92. The van der Waals surface area contributed by atoms with E-state index in [9.17, 15) is 4.79 Å². The topological polar surface area (TPSA) is 53.3 Å². The molecule has 71 valence electrons. The highest BCUT2D eigenvalue weighted by atomic mass is 16.5. The fourth-order valence-electron chi connectivity index (χ4n) is 0.986. The molecule has 0 unspecified atom stereocenters. The molecule has 4 nitrogen and oxygen atoms in total. The summed E-state index contributed by atoms with van der Waals surface area (Å²) in [6.07, 6.45) is -0.569. The number of amides is 1. The highest BCUT2D eigenvalue weighted by Gasteiger charge is 2.10. The van der Waals surface area contributed by atoms with Gasteiger partial charge < -0.3 is 4.74 Å². The van der Waals surface area contributed by atoms with Gasteiger partial charge in [-0.3, -0.25) is 4.90 Å². The van der Waals surface area contributed by atoms with E-state index >= 15 is 0 Å². The summed E-state index contributed by atoms with van der Waals surface area (Å²) in [7, 11) is 4.56. The van der Waals surface area contributed by atoms with Gasteiger partial charge in [0.05, 0.1) is 11.6 Å². The van der Waals surface area contributed by atoms with Crippen molar-refractivity contribution in [1.29, 1.82) is 5.26 Å². The first-order chi connectivity index (χ1) is 6.69. The summed E-state index contributed by atoms with van der Waals surface area (Å²) < 4.78 is 4.29. The molecule has 0 fully saturated rings. The van der Waals surface area contributed by atoms with Gasteiger partial charge >= 0.3 is 6.09 Å². The van der Waals surface area contributed by atoms with E-state index in [0.717, 1.165) is 0 Å². The zero-order valence-corrected chi connectivity index (χ0v) is 7.73. The van der Waals surface area contributed by atoms with Crippen molar-refractivity contribution in [1.82, 2.24) is 0 Å². The molecule has 1 rings (SSSR count). The summed E-state index contributed by atoms with van der Waals surface area (Å²) in [6.45, 7) is 0. The molecule has 14 heavy (non-hydrogen) atoms. The SMILES string of the molecule is [CH2]OC(=O)N(C)c1cccc(C#N)c1. The normalized spacial score (nSPS) is 8.93. The number of nitriles is 1. The Hall–Kier alpha value is -2.02. The maximum absolute atomic E-state index is 11.1. The Morgan fingerprint density at radius 1 is 1.64 bits per heavy atom. The van der Waals surface area contributed by atoms with Crippen molar-refractivity contribution in [2.45, 2.75) is 0 Å². The fourth-order valence-corrected chi connectivity index (χ4v) is 0.986. The lowest BCUT2D eigenvalue weighted by Gasteiger charge is -2.15. The Kier molecular flexibility index (Phi) is 3.08. The predicted molar refractivity (Wildman–Crippen MR) is 51.4 cm³/mol. The molecule has 0 aromatic heterocycles. The van der Waals surface area contributed by atoms with Gasteiger partial charge in [0.25, 0.3) is 0 Å². The van der Waals surface area contributed by atoms with E-state index in [1.165, 1.54) is 4.90 Å². The summed E-state index contributed by atoms with van der Waals surface area (Å²) in [5.41, 5.74) is 1.09. The lowest BCUT2D eigenvalue weighted by atomic mass is 10.2. The summed E-state index contributed by atoms with van der Waals surface area (Å²) in [6, 6.07) is 8.64. The number of carbonyl (C=O) groups is 1. The third-order valence-corrected chi connectivity index (χ3v) is 1.76. The van der Waals surface area contributed by atoms with Gasteiger partial charge in [0.1, 0.15) is 7.11 Å². The maximum Gasteiger partial charge on any atom is 0.414 e. The molecule has 0 aliphatic heterocycles. The second-order valence-corrected chi connectivity index (χ2v) is 2.63. The van der Waals surface area contributed by atoms with Gasteiger partial charge in [0.15, 0.2) is 0 Å². The molecular formula is C10H9N2O2. The number of rotatable bonds is 1. The van der Waals surface area contributed by atoms with Crippen molar-refractivity contribution in [2.24, 2.45) is 0 Å². The van der Waals surface area contributed by atoms with Crippen LogP contribution in [0.5, 0.6) is 0 Å². The monoisotopic (exact) mass is 189 g/mol. The van der Waals surface area contributed by atoms with Gasteiger partial charge in [-0.25, -0.2) is 4.79 Å². The molecule has 0 saturated carbocycles. The molecule has 0 aliphatic carbocycles. The van der Waals surface area contributed by atoms with Crippen molar-refractivity contribution in [3.05, 3.63) is 36.9 Å². The summed E-state index contributed by atoms with van der Waals surface area (Å²) in [5, 5.41) is 8.64. The number of anilines is 1. The number of ether oxygens (including phenoxy) is 1. The lowest BCUT2D eigenvalue weighted by Crippen LogP contribution is -2.25. The van der Waals surface area contributed by atoms with Crippen LogP contribution in [0.4, 0.5) is 10.5 Å². The largest absolute Gasteiger partial charge is 0.446 e. The number of carbonyl (C=O) groups excluding carboxylic acids is 1. The van der Waals surface area contributed by atoms with Crippen LogP contribution in [0.2, 0.25) is 0 Å². The van der Waals surface area contributed by atoms with Crippen LogP contribution in [0, 0.1) is 18.4 Å². The number of nitrogens with zero attached hydrogens (tertiary/aromatic N) is 2. The van der Waals surface area contributed by atoms with Gasteiger partial charge in [0.2, 0.25) is 0 Å². The molecule has 0 saturated heterocycles. The first-order valence-electron chi connectivity index (χ1n) is 3.89. The zero-order valence-electron chi connectivity index (χ0n) is 7.73. The van der Waals surface area contributed by atoms with Crippen molar-refractivity contribution in [3.63, 3.8) is 0 Å². The van der Waals surface area contributed by atoms with Crippen molar-refractivity contribution < 1.29 is 9.53 Å². The minimum absolute atomic E-state index is 0.492. The third-order valence-electron chi connectivity index (χ3n) is 1.76. The fraction of sp³-hybridized carbons (Fsp3) is 0.100. The lowest BCUT2D eigenvalue weighted by molar-refractivity contribution is 0.192. The van der Waals surface area contributed by atoms with Crippen LogP contribution in [-0.2, 0) is 4.74 Å². The Bertz CT molecular complexity index is 382. The van der Waals surface area contributed by atoms with E-state index in [1.54, 1.807) is 31.3 Å². The van der Waals surface area contributed by atoms with Gasteiger partial charge in [-0.1, -0.05) is 6.07 Å². The molecule has 1 radical (unpaired) electrons. The number of benzene rings is 1. The Morgan fingerprint density at radius 2 is 2.36 bits per heavy atom. The summed E-state index contributed by atoms with van der Waals surface area (Å²) in [5.74, 6) is 0. The van der Waals surface area contributed by atoms with Gasteiger partial charge in [-0.05, 0) is 18.2 Å². The van der Waals surface area contributed by atoms with E-state index < -0.39 is 6.09 Å². The molecule has 0 bridgehead atoms. The number of hydrogen-bond donors (Lipinski definition) is 0. The van der Waals surface area contributed by atoms with Crippen LogP contribution >= 0.6 is 0 Å². The van der Waals surface area contributed by atoms with Crippen LogP contribution in [-0.4, -0.2) is 13.1 Å². The molecule has 4 heteroatoms. The van der Waals surface area contributed by atoms with Gasteiger partial charge in [-0.15, -0.1) is 0 Å². The highest BCUT2D eigenvalue weighted by Crippen LogP contribution is 2.14. The minimum Gasteiger partial charge on any atom is -0.446 e. The molecule has 1 aromatic carbocycles. The van der Waals surface area contributed by atoms with Crippen LogP contribution in [0.3, 0.4) is 0 Å². The molecule has 0 spiro atoms. The summed E-state index contributed by atoms with van der Waals surface area (Å²) >= 11 is 0. The molecule has 0 N–H and O–H groups in total. The average Bonchev–Trinajstić information content (AvgIpc) is 2.27. The molecule has 0 heterocycles. The number of hydrogen-bond acceptors (Lipinski definition) is 3. The second-order valence-electron chi connectivity index (χ2n) is 2.63. The standard InChI is InChI=1S/C10H9N2O2/c1-12(10(13)14-2)9-5-3-4-8(6-9)7-11/h3-6H,2H2,1H3. The van der Waals surface area contributed by atoms with E-state index in [2.05, 4.69) is 11.8 Å². The Labute approximate surface area is 82.3 Å². The smallest absolute Gasteiger partial charge is 0.414 e. The van der Waals surface area contributed by atoms with Crippen LogP contribution < -0.4 is 4.90 Å². The second kappa shape index (κ2) is 4.28. The molecule has 1 aromatic rings. The van der Waals surface area contributed by atoms with Crippen molar-refractivity contribution in [2.75, 3.05) is 11.9 Å². The quantitative estimate of drug-likeness (QED) is 0.678. The van der Waals surface area contributed by atoms with Crippen molar-refractivity contribution >= 4 is 11.8 Å². The molecular weight excluding hydrogens is 180 g/mol. The van der Waals surface area contributed by atoms with E-state index in [1.807, 2.05) is 6.07 Å². The summed E-state index contributed by atoms with van der Waals surface area (Å²) in [4.78, 5) is 12.3. The Morgan fingerprint density at radius 3 is 2.93 bits per heavy atom. The van der Waals surface area contributed by atoms with Crippen LogP contribution in [0.25, 0.3) is 0 Å². The third kappa shape index (κ3) is 2.02. The molecule has 0 atom stereocenters. The van der Waals surface area contributed by atoms with Gasteiger partial charge in [-0.2, -0.15) is 5.26 Å². The van der Waals surface area contributed by atoms with E-state index in [-0.39, 0.29) is 0 Å². The Balaban J connectivity index is 2.96. The van der Waals surface area contributed by atoms with E-state index in [4.69, 9.17) is 5.26 Å².